The van der Waals surface area contributed by atoms with Crippen molar-refractivity contribution in [3.63, 3.8) is 0 Å². The number of rotatable bonds is 5. The molecule has 3 rings (SSSR count). The van der Waals surface area contributed by atoms with Crippen LogP contribution in [0.15, 0.2) is 42.1 Å². The molecule has 0 saturated heterocycles. The topological polar surface area (TPSA) is 105 Å². The molecule has 1 N–H and O–H groups in total. The summed E-state index contributed by atoms with van der Waals surface area (Å²) in [6, 6.07) is 10.9. The van der Waals surface area contributed by atoms with Crippen molar-refractivity contribution in [2.45, 2.75) is 19.8 Å². The van der Waals surface area contributed by atoms with E-state index in [0.717, 1.165) is 10.4 Å². The Labute approximate surface area is 171 Å². The van der Waals surface area contributed by atoms with Gasteiger partial charge in [0, 0.05) is 4.88 Å². The van der Waals surface area contributed by atoms with Gasteiger partial charge in [-0.3, -0.25) is 9.78 Å². The van der Waals surface area contributed by atoms with E-state index in [0.29, 0.717) is 16.2 Å². The molecule has 0 bridgehead atoms. The van der Waals surface area contributed by atoms with E-state index in [4.69, 9.17) is 4.74 Å². The predicted molar refractivity (Wildman–Crippen MR) is 112 cm³/mol. The quantitative estimate of drug-likeness (QED) is 0.388. The predicted octanol–water partition coefficient (Wildman–Crippen LogP) is 4.15. The minimum atomic E-state index is -0.634. The number of aromatic nitrogens is 2. The fourth-order valence-electron chi connectivity index (χ4n) is 2.56. The van der Waals surface area contributed by atoms with Crippen LogP contribution >= 0.6 is 11.3 Å². The van der Waals surface area contributed by atoms with E-state index in [2.05, 4.69) is 15.3 Å². The lowest BCUT2D eigenvalue weighted by Crippen LogP contribution is -2.15. The molecule has 146 valence electrons. The van der Waals surface area contributed by atoms with E-state index in [1.165, 1.54) is 30.7 Å². The summed E-state index contributed by atoms with van der Waals surface area (Å²) in [5.41, 5.74) is 1.88. The highest BCUT2D eigenvalue weighted by molar-refractivity contribution is 7.16. The number of hydrogen-bond donors (Lipinski definition) is 1. The third-order valence-corrected chi connectivity index (χ3v) is 5.43. The van der Waals surface area contributed by atoms with Crippen LogP contribution in [0.5, 0.6) is 0 Å². The van der Waals surface area contributed by atoms with Gasteiger partial charge in [0.15, 0.2) is 0 Å². The number of benzene rings is 1. The normalized spacial score (nSPS) is 11.3. The van der Waals surface area contributed by atoms with Crippen LogP contribution in [0.2, 0.25) is 0 Å². The van der Waals surface area contributed by atoms with Crippen LogP contribution in [0.3, 0.4) is 0 Å². The first-order valence-corrected chi connectivity index (χ1v) is 9.61. The summed E-state index contributed by atoms with van der Waals surface area (Å²) in [4.78, 5) is 34.3. The number of hydrogen-bond acceptors (Lipinski definition) is 7. The Morgan fingerprint density at radius 3 is 2.66 bits per heavy atom. The molecule has 2 aromatic heterocycles. The molecular formula is C21H18N4O3S. The number of para-hydroxylation sites is 2. The van der Waals surface area contributed by atoms with Gasteiger partial charge in [-0.1, -0.05) is 26.0 Å². The largest absolute Gasteiger partial charge is 0.465 e. The second-order valence-electron chi connectivity index (χ2n) is 6.45. The van der Waals surface area contributed by atoms with Gasteiger partial charge in [-0.05, 0) is 30.2 Å². The molecule has 0 radical (unpaired) electrons. The summed E-state index contributed by atoms with van der Waals surface area (Å²) in [6.07, 6.45) is 2.86. The Morgan fingerprint density at radius 1 is 1.28 bits per heavy atom. The molecule has 0 saturated carbocycles. The maximum atomic E-state index is 12.7. The van der Waals surface area contributed by atoms with Crippen LogP contribution in [0.1, 0.15) is 40.7 Å². The fourth-order valence-corrected chi connectivity index (χ4v) is 3.60. The number of nitrogens with zero attached hydrogens (tertiary/aromatic N) is 3. The van der Waals surface area contributed by atoms with Crippen LogP contribution in [0, 0.1) is 11.3 Å². The van der Waals surface area contributed by atoms with E-state index in [1.54, 1.807) is 12.1 Å². The minimum absolute atomic E-state index is 0.148. The minimum Gasteiger partial charge on any atom is -0.465 e. The second kappa shape index (κ2) is 8.63. The number of nitrogens with one attached hydrogen (secondary N) is 1. The molecule has 1 amide bonds. The second-order valence-corrected chi connectivity index (χ2v) is 7.53. The number of fused-ring (bicyclic) bond motifs is 1. The SMILES string of the molecule is COC(=O)c1cc(C(C)C)sc1NC(=O)C(C#N)=Cc1cnc2ccccc2n1. The van der Waals surface area contributed by atoms with Gasteiger partial charge in [0.2, 0.25) is 0 Å². The van der Waals surface area contributed by atoms with Crippen molar-refractivity contribution in [2.24, 2.45) is 0 Å². The molecule has 2 heterocycles. The highest BCUT2D eigenvalue weighted by Gasteiger charge is 2.21. The molecule has 0 atom stereocenters. The monoisotopic (exact) mass is 406 g/mol. The van der Waals surface area contributed by atoms with Gasteiger partial charge < -0.3 is 10.1 Å². The average molecular weight is 406 g/mol. The lowest BCUT2D eigenvalue weighted by molar-refractivity contribution is -0.112. The summed E-state index contributed by atoms with van der Waals surface area (Å²) < 4.78 is 4.79. The van der Waals surface area contributed by atoms with Gasteiger partial charge >= 0.3 is 5.97 Å². The Kier molecular flexibility index (Phi) is 6.00. The van der Waals surface area contributed by atoms with Crippen LogP contribution in [-0.2, 0) is 9.53 Å². The van der Waals surface area contributed by atoms with Gasteiger partial charge in [-0.15, -0.1) is 11.3 Å². The Bertz CT molecular complexity index is 1160. The van der Waals surface area contributed by atoms with Gasteiger partial charge in [-0.2, -0.15) is 5.26 Å². The summed E-state index contributed by atoms with van der Waals surface area (Å²) in [6.45, 7) is 3.97. The molecule has 0 aliphatic carbocycles. The van der Waals surface area contributed by atoms with Crippen molar-refractivity contribution in [3.8, 4) is 6.07 Å². The molecular weight excluding hydrogens is 388 g/mol. The number of amides is 1. The molecule has 7 nitrogen and oxygen atoms in total. The molecule has 0 aliphatic rings. The molecule has 0 aliphatic heterocycles. The number of nitriles is 1. The number of methoxy groups -OCH3 is 1. The summed E-state index contributed by atoms with van der Waals surface area (Å²) >= 11 is 1.28. The molecule has 1 aromatic carbocycles. The van der Waals surface area contributed by atoms with Gasteiger partial charge in [0.25, 0.3) is 5.91 Å². The molecule has 0 spiro atoms. The Balaban J connectivity index is 1.91. The fraction of sp³-hybridized carbons (Fsp3) is 0.190. The lowest BCUT2D eigenvalue weighted by Gasteiger charge is -2.05. The standard InChI is InChI=1S/C21H18N4O3S/c1-12(2)18-9-15(21(27)28-3)20(29-18)25-19(26)13(10-22)8-14-11-23-16-6-4-5-7-17(16)24-14/h4-9,11-12H,1-3H3,(H,25,26). The maximum absolute atomic E-state index is 12.7. The van der Waals surface area contributed by atoms with Gasteiger partial charge in [0.05, 0.1) is 35.6 Å². The first kappa shape index (κ1) is 20.2. The summed E-state index contributed by atoms with van der Waals surface area (Å²) in [7, 11) is 1.28. The third kappa shape index (κ3) is 4.47. The third-order valence-electron chi connectivity index (χ3n) is 4.08. The van der Waals surface area contributed by atoms with E-state index in [1.807, 2.05) is 38.1 Å². The van der Waals surface area contributed by atoms with Crippen molar-refractivity contribution in [2.75, 3.05) is 12.4 Å². The maximum Gasteiger partial charge on any atom is 0.340 e. The van der Waals surface area contributed by atoms with Crippen molar-refractivity contribution < 1.29 is 14.3 Å². The Morgan fingerprint density at radius 2 is 2.00 bits per heavy atom. The number of ether oxygens (including phenoxy) is 1. The Hall–Kier alpha value is -3.57. The van der Waals surface area contributed by atoms with Crippen LogP contribution in [-0.4, -0.2) is 29.0 Å². The van der Waals surface area contributed by atoms with Gasteiger partial charge in [0.1, 0.15) is 16.6 Å². The van der Waals surface area contributed by atoms with Crippen LogP contribution in [0.25, 0.3) is 17.1 Å². The number of anilines is 1. The number of thiophene rings is 1. The van der Waals surface area contributed by atoms with Gasteiger partial charge in [-0.25, -0.2) is 9.78 Å². The van der Waals surface area contributed by atoms with Crippen molar-refractivity contribution in [3.05, 3.63) is 58.2 Å². The molecule has 0 fully saturated rings. The van der Waals surface area contributed by atoms with Crippen molar-refractivity contribution >= 4 is 45.3 Å². The zero-order chi connectivity index (χ0) is 21.0. The average Bonchev–Trinajstić information content (AvgIpc) is 3.15. The van der Waals surface area contributed by atoms with Crippen LogP contribution in [0.4, 0.5) is 5.00 Å². The number of carbonyl (C=O) groups excluding carboxylic acids is 2. The first-order chi connectivity index (χ1) is 13.9. The zero-order valence-corrected chi connectivity index (χ0v) is 16.9. The number of carbonyl (C=O) groups is 2. The molecule has 3 aromatic rings. The highest BCUT2D eigenvalue weighted by Crippen LogP contribution is 2.33. The number of esters is 1. The highest BCUT2D eigenvalue weighted by atomic mass is 32.1. The van der Waals surface area contributed by atoms with Crippen LogP contribution < -0.4 is 5.32 Å². The van der Waals surface area contributed by atoms with E-state index in [9.17, 15) is 14.9 Å². The van der Waals surface area contributed by atoms with E-state index < -0.39 is 11.9 Å². The summed E-state index contributed by atoms with van der Waals surface area (Å²) in [5.74, 6) is -1.01. The van der Waals surface area contributed by atoms with E-state index >= 15 is 0 Å². The smallest absolute Gasteiger partial charge is 0.340 e. The van der Waals surface area contributed by atoms with Crippen molar-refractivity contribution in [1.82, 2.24) is 9.97 Å². The van der Waals surface area contributed by atoms with Crippen molar-refractivity contribution in [1.29, 1.82) is 5.26 Å². The zero-order valence-electron chi connectivity index (χ0n) is 16.1. The molecule has 0 unspecified atom stereocenters. The first-order valence-electron chi connectivity index (χ1n) is 8.80. The van der Waals surface area contributed by atoms with E-state index in [-0.39, 0.29) is 17.1 Å². The molecule has 8 heteroatoms. The summed E-state index contributed by atoms with van der Waals surface area (Å²) in [5, 5.41) is 12.4. The molecule has 29 heavy (non-hydrogen) atoms. The lowest BCUT2D eigenvalue weighted by atomic mass is 10.1.